The van der Waals surface area contributed by atoms with Crippen molar-refractivity contribution in [3.8, 4) is 5.75 Å². The monoisotopic (exact) mass is 328 g/mol. The third-order valence-electron chi connectivity index (χ3n) is 3.33. The van der Waals surface area contributed by atoms with E-state index >= 15 is 0 Å². The Morgan fingerprint density at radius 2 is 1.95 bits per heavy atom. The molecule has 0 fully saturated rings. The van der Waals surface area contributed by atoms with Crippen molar-refractivity contribution in [1.29, 1.82) is 0 Å². The molecule has 0 bridgehead atoms. The quantitative estimate of drug-likeness (QED) is 0.896. The van der Waals surface area contributed by atoms with E-state index in [2.05, 4.69) is 4.98 Å². The fourth-order valence-corrected chi connectivity index (χ4v) is 4.82. The second kappa shape index (κ2) is 5.63. The van der Waals surface area contributed by atoms with Gasteiger partial charge in [0.05, 0.1) is 6.04 Å². The van der Waals surface area contributed by atoms with E-state index in [-0.39, 0.29) is 9.96 Å². The zero-order valence-electron chi connectivity index (χ0n) is 11.8. The number of aromatic amines is 1. The standard InChI is InChI=1S/C13H16N2O4S2/c1-8-12(20-13(17)14-8)21(18,19)15(3)9(2)10-6-4-5-7-11(10)16/h4-7,9,16H,1-3H3,(H,14,17). The first-order chi connectivity index (χ1) is 9.75. The number of hydrogen-bond acceptors (Lipinski definition) is 5. The third kappa shape index (κ3) is 2.87. The van der Waals surface area contributed by atoms with E-state index in [4.69, 9.17) is 0 Å². The summed E-state index contributed by atoms with van der Waals surface area (Å²) in [7, 11) is -2.38. The van der Waals surface area contributed by atoms with Crippen LogP contribution in [-0.2, 0) is 10.0 Å². The fourth-order valence-electron chi connectivity index (χ4n) is 2.01. The molecular formula is C13H16N2O4S2. The summed E-state index contributed by atoms with van der Waals surface area (Å²) in [6.45, 7) is 3.22. The van der Waals surface area contributed by atoms with Crippen LogP contribution in [-0.4, -0.2) is 29.9 Å². The smallest absolute Gasteiger partial charge is 0.305 e. The maximum atomic E-state index is 12.6. The number of aryl methyl sites for hydroxylation is 1. The van der Waals surface area contributed by atoms with Gasteiger partial charge in [-0.1, -0.05) is 29.5 Å². The summed E-state index contributed by atoms with van der Waals surface area (Å²) >= 11 is 0.663. The van der Waals surface area contributed by atoms with E-state index in [0.29, 0.717) is 22.6 Å². The summed E-state index contributed by atoms with van der Waals surface area (Å²) in [5.41, 5.74) is 0.824. The van der Waals surface area contributed by atoms with Gasteiger partial charge < -0.3 is 10.1 Å². The van der Waals surface area contributed by atoms with Crippen LogP contribution in [0.25, 0.3) is 0 Å². The van der Waals surface area contributed by atoms with Crippen molar-refractivity contribution in [2.45, 2.75) is 24.1 Å². The van der Waals surface area contributed by atoms with Crippen LogP contribution < -0.4 is 4.87 Å². The molecule has 0 saturated heterocycles. The van der Waals surface area contributed by atoms with Gasteiger partial charge in [0.1, 0.15) is 5.75 Å². The predicted molar refractivity (Wildman–Crippen MR) is 81.1 cm³/mol. The molecule has 1 aromatic carbocycles. The lowest BCUT2D eigenvalue weighted by molar-refractivity contribution is 0.381. The van der Waals surface area contributed by atoms with Gasteiger partial charge in [0, 0.05) is 18.3 Å². The number of sulfonamides is 1. The van der Waals surface area contributed by atoms with Gasteiger partial charge in [0.2, 0.25) is 0 Å². The Morgan fingerprint density at radius 3 is 2.48 bits per heavy atom. The molecule has 1 aromatic heterocycles. The lowest BCUT2D eigenvalue weighted by atomic mass is 10.1. The van der Waals surface area contributed by atoms with Crippen molar-refractivity contribution in [3.05, 3.63) is 45.2 Å². The molecule has 6 nitrogen and oxygen atoms in total. The van der Waals surface area contributed by atoms with Gasteiger partial charge in [0.15, 0.2) is 4.21 Å². The summed E-state index contributed by atoms with van der Waals surface area (Å²) in [5, 5.41) is 9.85. The van der Waals surface area contributed by atoms with Gasteiger partial charge in [0.25, 0.3) is 10.0 Å². The van der Waals surface area contributed by atoms with Crippen molar-refractivity contribution in [2.75, 3.05) is 7.05 Å². The second-order valence-corrected chi connectivity index (χ2v) is 7.86. The number of benzene rings is 1. The van der Waals surface area contributed by atoms with Crippen LogP contribution in [0.3, 0.4) is 0 Å². The largest absolute Gasteiger partial charge is 0.508 e. The highest BCUT2D eigenvalue weighted by atomic mass is 32.2. The topological polar surface area (TPSA) is 90.5 Å². The SMILES string of the molecule is Cc1[nH]c(=O)sc1S(=O)(=O)N(C)C(C)c1ccccc1O. The number of H-pyrrole nitrogens is 1. The molecule has 2 N–H and O–H groups in total. The zero-order chi connectivity index (χ0) is 15.8. The second-order valence-electron chi connectivity index (χ2n) is 4.68. The van der Waals surface area contributed by atoms with Crippen LogP contribution in [0.2, 0.25) is 0 Å². The molecule has 114 valence electrons. The Balaban J connectivity index is 2.44. The number of aromatic nitrogens is 1. The highest BCUT2D eigenvalue weighted by Crippen LogP contribution is 2.32. The molecular weight excluding hydrogens is 312 g/mol. The number of phenolic OH excluding ortho intramolecular Hbond substituents is 1. The minimum absolute atomic E-state index is 0.00253. The summed E-state index contributed by atoms with van der Waals surface area (Å²) in [6.07, 6.45) is 0. The summed E-state index contributed by atoms with van der Waals surface area (Å²) < 4.78 is 26.3. The number of thiazole rings is 1. The zero-order valence-corrected chi connectivity index (χ0v) is 13.5. The van der Waals surface area contributed by atoms with Crippen molar-refractivity contribution in [3.63, 3.8) is 0 Å². The molecule has 0 aliphatic carbocycles. The van der Waals surface area contributed by atoms with Crippen LogP contribution >= 0.6 is 11.3 Å². The Labute approximate surface area is 126 Å². The van der Waals surface area contributed by atoms with Gasteiger partial charge in [-0.15, -0.1) is 0 Å². The number of nitrogens with one attached hydrogen (secondary N) is 1. The number of para-hydroxylation sites is 1. The van der Waals surface area contributed by atoms with Gasteiger partial charge in [-0.3, -0.25) is 4.79 Å². The Hall–Kier alpha value is -1.64. The molecule has 0 aliphatic heterocycles. The lowest BCUT2D eigenvalue weighted by Crippen LogP contribution is -2.29. The Morgan fingerprint density at radius 1 is 1.33 bits per heavy atom. The molecule has 1 heterocycles. The Kier molecular flexibility index (Phi) is 4.22. The minimum atomic E-state index is -3.80. The molecule has 0 spiro atoms. The normalized spacial score (nSPS) is 13.5. The molecule has 2 aromatic rings. The van der Waals surface area contributed by atoms with Gasteiger partial charge in [-0.25, -0.2) is 8.42 Å². The molecule has 0 saturated carbocycles. The molecule has 2 rings (SSSR count). The van der Waals surface area contributed by atoms with Crippen LogP contribution in [0.5, 0.6) is 5.75 Å². The first kappa shape index (κ1) is 15.7. The van der Waals surface area contributed by atoms with Crippen LogP contribution in [0.4, 0.5) is 0 Å². The van der Waals surface area contributed by atoms with E-state index in [1.54, 1.807) is 32.0 Å². The van der Waals surface area contributed by atoms with Gasteiger partial charge in [-0.2, -0.15) is 4.31 Å². The fraction of sp³-hybridized carbons (Fsp3) is 0.308. The first-order valence-corrected chi connectivity index (χ1v) is 8.46. The first-order valence-electron chi connectivity index (χ1n) is 6.20. The number of aromatic hydroxyl groups is 1. The predicted octanol–water partition coefficient (Wildman–Crippen LogP) is 1.83. The average Bonchev–Trinajstić information content (AvgIpc) is 2.77. The lowest BCUT2D eigenvalue weighted by Gasteiger charge is -2.24. The van der Waals surface area contributed by atoms with Crippen molar-refractivity contribution in [1.82, 2.24) is 9.29 Å². The highest BCUT2D eigenvalue weighted by molar-refractivity contribution is 7.91. The Bertz CT molecular complexity index is 808. The summed E-state index contributed by atoms with van der Waals surface area (Å²) in [6, 6.07) is 6.01. The number of hydrogen-bond donors (Lipinski definition) is 2. The summed E-state index contributed by atoms with van der Waals surface area (Å²) in [4.78, 5) is 13.4. The summed E-state index contributed by atoms with van der Waals surface area (Å²) in [5.74, 6) is 0.0334. The van der Waals surface area contributed by atoms with Crippen molar-refractivity contribution < 1.29 is 13.5 Å². The van der Waals surface area contributed by atoms with Crippen molar-refractivity contribution >= 4 is 21.4 Å². The molecule has 0 aliphatic rings. The molecule has 8 heteroatoms. The van der Waals surface area contributed by atoms with E-state index < -0.39 is 20.9 Å². The van der Waals surface area contributed by atoms with E-state index in [0.717, 1.165) is 4.31 Å². The third-order valence-corrected chi connectivity index (χ3v) is 6.84. The van der Waals surface area contributed by atoms with E-state index in [1.807, 2.05) is 0 Å². The van der Waals surface area contributed by atoms with Crippen molar-refractivity contribution in [2.24, 2.45) is 0 Å². The maximum Gasteiger partial charge on any atom is 0.305 e. The number of rotatable bonds is 4. The molecule has 0 radical (unpaired) electrons. The highest BCUT2D eigenvalue weighted by Gasteiger charge is 2.30. The van der Waals surface area contributed by atoms with Gasteiger partial charge in [-0.05, 0) is 19.9 Å². The van der Waals surface area contributed by atoms with E-state index in [9.17, 15) is 18.3 Å². The molecule has 1 unspecified atom stereocenters. The average molecular weight is 328 g/mol. The number of nitrogens with zero attached hydrogens (tertiary/aromatic N) is 1. The molecule has 0 amide bonds. The van der Waals surface area contributed by atoms with Crippen LogP contribution in [0.1, 0.15) is 24.2 Å². The van der Waals surface area contributed by atoms with Crippen LogP contribution in [0.15, 0.2) is 33.3 Å². The van der Waals surface area contributed by atoms with Gasteiger partial charge >= 0.3 is 4.87 Å². The minimum Gasteiger partial charge on any atom is -0.508 e. The maximum absolute atomic E-state index is 12.6. The van der Waals surface area contributed by atoms with Crippen LogP contribution in [0, 0.1) is 6.92 Å². The molecule has 21 heavy (non-hydrogen) atoms. The molecule has 1 atom stereocenters. The number of phenols is 1. The van der Waals surface area contributed by atoms with E-state index in [1.165, 1.54) is 13.1 Å².